The number of amides is 1. The van der Waals surface area contributed by atoms with Gasteiger partial charge in [-0.25, -0.2) is 9.78 Å². The number of pyridine rings is 1. The van der Waals surface area contributed by atoms with E-state index in [1.165, 1.54) is 23.9 Å². The van der Waals surface area contributed by atoms with Crippen LogP contribution in [-0.4, -0.2) is 50.6 Å². The third-order valence-electron chi connectivity index (χ3n) is 4.20. The summed E-state index contributed by atoms with van der Waals surface area (Å²) in [5.74, 6) is -0.149. The Kier molecular flexibility index (Phi) is 3.77. The number of rotatable bonds is 1. The van der Waals surface area contributed by atoms with Crippen LogP contribution in [-0.2, 0) is 14.1 Å². The molecule has 0 aliphatic carbocycles. The summed E-state index contributed by atoms with van der Waals surface area (Å²) in [6.07, 6.45) is 1.43. The maximum absolute atomic E-state index is 12.6. The molecule has 1 unspecified atom stereocenters. The Morgan fingerprint density at radius 3 is 2.74 bits per heavy atom. The van der Waals surface area contributed by atoms with Gasteiger partial charge in [0.25, 0.3) is 11.5 Å². The molecule has 3 rings (SSSR count). The van der Waals surface area contributed by atoms with E-state index in [1.54, 1.807) is 11.9 Å². The predicted molar refractivity (Wildman–Crippen MR) is 85.6 cm³/mol. The van der Waals surface area contributed by atoms with Crippen molar-refractivity contribution >= 4 is 16.9 Å². The highest BCUT2D eigenvalue weighted by atomic mass is 16.2. The Balaban J connectivity index is 2.08. The normalized spacial score (nSPS) is 18.4. The number of hydrogen-bond acceptors (Lipinski definition) is 5. The molecule has 1 saturated heterocycles. The maximum Gasteiger partial charge on any atom is 0.332 e. The van der Waals surface area contributed by atoms with Crippen LogP contribution < -0.4 is 16.6 Å². The SMILES string of the molecule is CC1CN(C(=O)c2cnc3c(c2)c(=O)n(C)c(=O)n3C)CCN1. The maximum atomic E-state index is 12.6. The fourth-order valence-electron chi connectivity index (χ4n) is 2.88. The van der Waals surface area contributed by atoms with E-state index in [2.05, 4.69) is 10.3 Å². The molecule has 8 heteroatoms. The summed E-state index contributed by atoms with van der Waals surface area (Å²) in [5.41, 5.74) is -0.241. The Morgan fingerprint density at radius 1 is 1.30 bits per heavy atom. The van der Waals surface area contributed by atoms with Crippen LogP contribution in [0.25, 0.3) is 11.0 Å². The lowest BCUT2D eigenvalue weighted by Gasteiger charge is -2.31. The highest BCUT2D eigenvalue weighted by Crippen LogP contribution is 2.11. The minimum Gasteiger partial charge on any atom is -0.336 e. The van der Waals surface area contributed by atoms with Gasteiger partial charge in [0.2, 0.25) is 0 Å². The van der Waals surface area contributed by atoms with Gasteiger partial charge in [-0.2, -0.15) is 0 Å². The zero-order valence-electron chi connectivity index (χ0n) is 13.4. The standard InChI is InChI=1S/C15H19N5O3/c1-9-8-20(5-4-16-9)13(21)10-6-11-12(17-7-10)18(2)15(23)19(3)14(11)22/h6-7,9,16H,4-5,8H2,1-3H3. The molecule has 3 heterocycles. The molecule has 122 valence electrons. The molecule has 2 aromatic rings. The summed E-state index contributed by atoms with van der Waals surface area (Å²) < 4.78 is 2.32. The molecule has 1 atom stereocenters. The highest BCUT2D eigenvalue weighted by molar-refractivity contribution is 5.96. The van der Waals surface area contributed by atoms with Crippen molar-refractivity contribution in [2.45, 2.75) is 13.0 Å². The van der Waals surface area contributed by atoms with Crippen LogP contribution in [0, 0.1) is 0 Å². The fraction of sp³-hybridized carbons (Fsp3) is 0.467. The van der Waals surface area contributed by atoms with Gasteiger partial charge in [0, 0.05) is 46.0 Å². The number of piperazine rings is 1. The van der Waals surface area contributed by atoms with Crippen molar-refractivity contribution in [3.63, 3.8) is 0 Å². The summed E-state index contributed by atoms with van der Waals surface area (Å²) >= 11 is 0. The zero-order chi connectivity index (χ0) is 16.7. The molecule has 0 bridgehead atoms. The second-order valence-corrected chi connectivity index (χ2v) is 5.91. The van der Waals surface area contributed by atoms with Crippen molar-refractivity contribution in [1.29, 1.82) is 0 Å². The molecule has 0 spiro atoms. The van der Waals surface area contributed by atoms with E-state index in [9.17, 15) is 14.4 Å². The summed E-state index contributed by atoms with van der Waals surface area (Å²) in [6.45, 7) is 3.99. The number of aryl methyl sites for hydroxylation is 1. The molecule has 0 radical (unpaired) electrons. The van der Waals surface area contributed by atoms with Gasteiger partial charge in [-0.15, -0.1) is 0 Å². The molecule has 23 heavy (non-hydrogen) atoms. The van der Waals surface area contributed by atoms with E-state index < -0.39 is 11.2 Å². The minimum absolute atomic E-state index is 0.149. The summed E-state index contributed by atoms with van der Waals surface area (Å²) in [5, 5.41) is 3.54. The number of aromatic nitrogens is 3. The molecule has 2 aromatic heterocycles. The van der Waals surface area contributed by atoms with Crippen LogP contribution in [0.3, 0.4) is 0 Å². The molecular weight excluding hydrogens is 298 g/mol. The Hall–Kier alpha value is -2.48. The van der Waals surface area contributed by atoms with Crippen LogP contribution in [0.5, 0.6) is 0 Å². The van der Waals surface area contributed by atoms with Crippen molar-refractivity contribution in [3.8, 4) is 0 Å². The number of carbonyl (C=O) groups is 1. The van der Waals surface area contributed by atoms with Crippen molar-refractivity contribution in [2.75, 3.05) is 19.6 Å². The first-order chi connectivity index (χ1) is 10.9. The molecule has 1 aliphatic heterocycles. The first-order valence-corrected chi connectivity index (χ1v) is 7.48. The molecule has 1 aliphatic rings. The first kappa shape index (κ1) is 15.4. The van der Waals surface area contributed by atoms with Crippen molar-refractivity contribution in [2.24, 2.45) is 14.1 Å². The average molecular weight is 317 g/mol. The van der Waals surface area contributed by atoms with Gasteiger partial charge in [-0.05, 0) is 13.0 Å². The molecule has 1 fully saturated rings. The van der Waals surface area contributed by atoms with Gasteiger partial charge < -0.3 is 10.2 Å². The van der Waals surface area contributed by atoms with Crippen LogP contribution in [0.4, 0.5) is 0 Å². The molecule has 8 nitrogen and oxygen atoms in total. The summed E-state index contributed by atoms with van der Waals surface area (Å²) in [4.78, 5) is 42.7. The average Bonchev–Trinajstić information content (AvgIpc) is 2.57. The molecular formula is C15H19N5O3. The zero-order valence-corrected chi connectivity index (χ0v) is 13.4. The van der Waals surface area contributed by atoms with Crippen molar-refractivity contribution in [1.82, 2.24) is 24.3 Å². The van der Waals surface area contributed by atoms with Crippen molar-refractivity contribution < 1.29 is 4.79 Å². The van der Waals surface area contributed by atoms with E-state index in [4.69, 9.17) is 0 Å². The largest absolute Gasteiger partial charge is 0.336 e. The van der Waals surface area contributed by atoms with Gasteiger partial charge in [0.1, 0.15) is 5.65 Å². The van der Waals surface area contributed by atoms with Crippen LogP contribution >= 0.6 is 0 Å². The fourth-order valence-corrected chi connectivity index (χ4v) is 2.88. The highest BCUT2D eigenvalue weighted by Gasteiger charge is 2.22. The number of fused-ring (bicyclic) bond motifs is 1. The molecule has 0 saturated carbocycles. The van der Waals surface area contributed by atoms with Crippen molar-refractivity contribution in [3.05, 3.63) is 38.7 Å². The van der Waals surface area contributed by atoms with E-state index in [1.807, 2.05) is 6.92 Å². The molecule has 1 N–H and O–H groups in total. The Morgan fingerprint density at radius 2 is 2.04 bits per heavy atom. The third kappa shape index (κ3) is 2.55. The van der Waals surface area contributed by atoms with E-state index in [0.717, 1.165) is 11.1 Å². The number of nitrogens with one attached hydrogen (secondary N) is 1. The predicted octanol–water partition coefficient (Wildman–Crippen LogP) is -0.934. The minimum atomic E-state index is -0.445. The monoisotopic (exact) mass is 317 g/mol. The second kappa shape index (κ2) is 5.62. The van der Waals surface area contributed by atoms with Gasteiger partial charge in [0.05, 0.1) is 10.9 Å². The van der Waals surface area contributed by atoms with E-state index >= 15 is 0 Å². The number of hydrogen-bond donors (Lipinski definition) is 1. The number of carbonyl (C=O) groups excluding carboxylic acids is 1. The van der Waals surface area contributed by atoms with Crippen LogP contribution in [0.15, 0.2) is 21.9 Å². The number of nitrogens with zero attached hydrogens (tertiary/aromatic N) is 4. The second-order valence-electron chi connectivity index (χ2n) is 5.91. The smallest absolute Gasteiger partial charge is 0.332 e. The van der Waals surface area contributed by atoms with Gasteiger partial charge >= 0.3 is 5.69 Å². The van der Waals surface area contributed by atoms with Crippen LogP contribution in [0.1, 0.15) is 17.3 Å². The third-order valence-corrected chi connectivity index (χ3v) is 4.20. The Labute approximate surface area is 132 Å². The molecule has 0 aromatic carbocycles. The lowest BCUT2D eigenvalue weighted by molar-refractivity contribution is 0.0709. The van der Waals surface area contributed by atoms with Crippen LogP contribution in [0.2, 0.25) is 0 Å². The summed E-state index contributed by atoms with van der Waals surface area (Å²) in [7, 11) is 2.97. The lowest BCUT2D eigenvalue weighted by atomic mass is 10.1. The first-order valence-electron chi connectivity index (χ1n) is 7.48. The topological polar surface area (TPSA) is 89.2 Å². The summed E-state index contributed by atoms with van der Waals surface area (Å²) in [6, 6.07) is 1.76. The quantitative estimate of drug-likeness (QED) is 0.734. The van der Waals surface area contributed by atoms with E-state index in [0.29, 0.717) is 18.7 Å². The van der Waals surface area contributed by atoms with E-state index in [-0.39, 0.29) is 23.0 Å². The Bertz CT molecular complexity index is 898. The lowest BCUT2D eigenvalue weighted by Crippen LogP contribution is -2.51. The van der Waals surface area contributed by atoms with Gasteiger partial charge in [-0.1, -0.05) is 0 Å². The van der Waals surface area contributed by atoms with Gasteiger partial charge in [-0.3, -0.25) is 18.7 Å². The van der Waals surface area contributed by atoms with Gasteiger partial charge in [0.15, 0.2) is 0 Å². The molecule has 1 amide bonds.